The number of furan rings is 1. The molecule has 0 saturated heterocycles. The number of para-hydroxylation sites is 1. The molecular formula is C22H18N2O3. The SMILES string of the molecule is COc1ccccc1C1=N/C(=C/c2ccco2)C(=O)N1c1ccc(C)cc1. The van der Waals surface area contributed by atoms with Gasteiger partial charge in [-0.05, 0) is 43.3 Å². The van der Waals surface area contributed by atoms with Gasteiger partial charge in [0.2, 0.25) is 0 Å². The van der Waals surface area contributed by atoms with E-state index in [1.165, 1.54) is 0 Å². The predicted molar refractivity (Wildman–Crippen MR) is 105 cm³/mol. The number of carbonyl (C=O) groups is 1. The molecule has 27 heavy (non-hydrogen) atoms. The van der Waals surface area contributed by atoms with Gasteiger partial charge in [0.25, 0.3) is 5.91 Å². The number of hydrogen-bond donors (Lipinski definition) is 0. The van der Waals surface area contributed by atoms with Crippen molar-refractivity contribution in [3.8, 4) is 5.75 Å². The molecule has 1 aliphatic rings. The number of ether oxygens (including phenoxy) is 1. The molecule has 5 nitrogen and oxygen atoms in total. The molecule has 3 aromatic rings. The van der Waals surface area contributed by atoms with Crippen molar-refractivity contribution in [3.05, 3.63) is 89.5 Å². The van der Waals surface area contributed by atoms with Crippen molar-refractivity contribution in [2.45, 2.75) is 6.92 Å². The Labute approximate surface area is 157 Å². The quantitative estimate of drug-likeness (QED) is 0.648. The Balaban J connectivity index is 1.86. The molecule has 0 radical (unpaired) electrons. The fraction of sp³-hybridized carbons (Fsp3) is 0.0909. The molecule has 1 amide bonds. The predicted octanol–water partition coefficient (Wildman–Crippen LogP) is 4.43. The van der Waals surface area contributed by atoms with Crippen LogP contribution in [0.25, 0.3) is 6.08 Å². The molecule has 1 aliphatic heterocycles. The van der Waals surface area contributed by atoms with Gasteiger partial charge in [0, 0.05) is 6.08 Å². The summed E-state index contributed by atoms with van der Waals surface area (Å²) in [5.41, 5.74) is 2.92. The Morgan fingerprint density at radius 3 is 2.52 bits per heavy atom. The number of hydrogen-bond acceptors (Lipinski definition) is 4. The molecule has 0 saturated carbocycles. The van der Waals surface area contributed by atoms with E-state index in [9.17, 15) is 4.79 Å². The maximum atomic E-state index is 13.2. The molecule has 4 rings (SSSR count). The zero-order valence-electron chi connectivity index (χ0n) is 15.0. The van der Waals surface area contributed by atoms with E-state index in [4.69, 9.17) is 9.15 Å². The summed E-state index contributed by atoms with van der Waals surface area (Å²) >= 11 is 0. The third-order valence-corrected chi connectivity index (χ3v) is 4.32. The summed E-state index contributed by atoms with van der Waals surface area (Å²) in [6, 6.07) is 18.8. The minimum Gasteiger partial charge on any atom is -0.496 e. The highest BCUT2D eigenvalue weighted by Gasteiger charge is 2.33. The molecule has 0 fully saturated rings. The average molecular weight is 358 g/mol. The Bertz CT molecular complexity index is 1030. The van der Waals surface area contributed by atoms with Crippen LogP contribution in [0.2, 0.25) is 0 Å². The van der Waals surface area contributed by atoms with Crippen LogP contribution >= 0.6 is 0 Å². The first-order valence-electron chi connectivity index (χ1n) is 8.56. The summed E-state index contributed by atoms with van der Waals surface area (Å²) in [6.07, 6.45) is 3.21. The first-order chi connectivity index (χ1) is 13.2. The Kier molecular flexibility index (Phi) is 4.34. The van der Waals surface area contributed by atoms with E-state index in [0.717, 1.165) is 16.8 Å². The lowest BCUT2D eigenvalue weighted by Gasteiger charge is -2.20. The van der Waals surface area contributed by atoms with Crippen LogP contribution < -0.4 is 9.64 Å². The molecule has 0 aliphatic carbocycles. The highest BCUT2D eigenvalue weighted by Crippen LogP contribution is 2.31. The summed E-state index contributed by atoms with van der Waals surface area (Å²) < 4.78 is 10.8. The molecular weight excluding hydrogens is 340 g/mol. The summed E-state index contributed by atoms with van der Waals surface area (Å²) in [6.45, 7) is 2.01. The highest BCUT2D eigenvalue weighted by atomic mass is 16.5. The summed E-state index contributed by atoms with van der Waals surface area (Å²) in [5.74, 6) is 1.54. The number of amides is 1. The standard InChI is InChI=1S/C22H18N2O3/c1-15-9-11-16(12-10-15)24-21(18-7-3-4-8-20(18)26-2)23-19(22(24)25)14-17-6-5-13-27-17/h3-14H,1-2H3/b19-14+. The van der Waals surface area contributed by atoms with Crippen LogP contribution in [0.3, 0.4) is 0 Å². The molecule has 0 N–H and O–H groups in total. The average Bonchev–Trinajstić information content (AvgIpc) is 3.31. The molecule has 0 atom stereocenters. The van der Waals surface area contributed by atoms with Crippen LogP contribution in [0.5, 0.6) is 5.75 Å². The Hall–Kier alpha value is -3.60. The normalized spacial score (nSPS) is 15.3. The summed E-state index contributed by atoms with van der Waals surface area (Å²) in [7, 11) is 1.60. The van der Waals surface area contributed by atoms with E-state index in [2.05, 4.69) is 4.99 Å². The second-order valence-electron chi connectivity index (χ2n) is 6.16. The highest BCUT2D eigenvalue weighted by molar-refractivity contribution is 6.33. The summed E-state index contributed by atoms with van der Waals surface area (Å²) in [5, 5.41) is 0. The van der Waals surface area contributed by atoms with Crippen molar-refractivity contribution in [1.82, 2.24) is 0 Å². The van der Waals surface area contributed by atoms with Crippen molar-refractivity contribution < 1.29 is 13.9 Å². The zero-order valence-corrected chi connectivity index (χ0v) is 15.0. The van der Waals surface area contributed by atoms with Gasteiger partial charge < -0.3 is 9.15 Å². The van der Waals surface area contributed by atoms with Gasteiger partial charge in [-0.1, -0.05) is 29.8 Å². The molecule has 0 unspecified atom stereocenters. The van der Waals surface area contributed by atoms with Crippen LogP contribution in [0.1, 0.15) is 16.9 Å². The minimum atomic E-state index is -0.212. The molecule has 2 heterocycles. The molecule has 2 aromatic carbocycles. The number of rotatable bonds is 4. The van der Waals surface area contributed by atoms with Crippen LogP contribution in [0.15, 0.2) is 82.0 Å². The van der Waals surface area contributed by atoms with Gasteiger partial charge >= 0.3 is 0 Å². The lowest BCUT2D eigenvalue weighted by Crippen LogP contribution is -2.32. The van der Waals surface area contributed by atoms with Gasteiger partial charge in [-0.2, -0.15) is 0 Å². The first kappa shape index (κ1) is 16.8. The van der Waals surface area contributed by atoms with Crippen molar-refractivity contribution in [1.29, 1.82) is 0 Å². The van der Waals surface area contributed by atoms with E-state index in [1.807, 2.05) is 55.5 Å². The maximum Gasteiger partial charge on any atom is 0.282 e. The molecule has 0 spiro atoms. The number of methoxy groups -OCH3 is 1. The van der Waals surface area contributed by atoms with Crippen LogP contribution in [-0.2, 0) is 4.79 Å². The molecule has 134 valence electrons. The monoisotopic (exact) mass is 358 g/mol. The smallest absolute Gasteiger partial charge is 0.282 e. The Morgan fingerprint density at radius 2 is 1.81 bits per heavy atom. The van der Waals surface area contributed by atoms with Gasteiger partial charge in [0.1, 0.15) is 17.2 Å². The number of aliphatic imine (C=N–C) groups is 1. The van der Waals surface area contributed by atoms with E-state index >= 15 is 0 Å². The van der Waals surface area contributed by atoms with E-state index in [1.54, 1.807) is 36.5 Å². The van der Waals surface area contributed by atoms with Gasteiger partial charge in [-0.15, -0.1) is 0 Å². The topological polar surface area (TPSA) is 55.0 Å². The van der Waals surface area contributed by atoms with Crippen LogP contribution in [0.4, 0.5) is 5.69 Å². The number of carbonyl (C=O) groups excluding carboxylic acids is 1. The van der Waals surface area contributed by atoms with E-state index < -0.39 is 0 Å². The fourth-order valence-corrected chi connectivity index (χ4v) is 2.97. The third-order valence-electron chi connectivity index (χ3n) is 4.32. The minimum absolute atomic E-state index is 0.212. The summed E-state index contributed by atoms with van der Waals surface area (Å²) in [4.78, 5) is 19.4. The number of nitrogens with zero attached hydrogens (tertiary/aromatic N) is 2. The lowest BCUT2D eigenvalue weighted by atomic mass is 10.1. The zero-order chi connectivity index (χ0) is 18.8. The molecule has 1 aromatic heterocycles. The number of benzene rings is 2. The van der Waals surface area contributed by atoms with Gasteiger partial charge in [0.15, 0.2) is 5.84 Å². The lowest BCUT2D eigenvalue weighted by molar-refractivity contribution is -0.113. The molecule has 5 heteroatoms. The van der Waals surface area contributed by atoms with Crippen molar-refractivity contribution in [3.63, 3.8) is 0 Å². The fourth-order valence-electron chi connectivity index (χ4n) is 2.97. The van der Waals surface area contributed by atoms with Gasteiger partial charge in [0.05, 0.1) is 24.6 Å². The largest absolute Gasteiger partial charge is 0.496 e. The number of amidine groups is 1. The van der Waals surface area contributed by atoms with E-state index in [-0.39, 0.29) is 5.91 Å². The molecule has 0 bridgehead atoms. The number of anilines is 1. The van der Waals surface area contributed by atoms with Crippen LogP contribution in [0, 0.1) is 6.92 Å². The maximum absolute atomic E-state index is 13.2. The third kappa shape index (κ3) is 3.15. The van der Waals surface area contributed by atoms with E-state index in [0.29, 0.717) is 23.0 Å². The van der Waals surface area contributed by atoms with Crippen molar-refractivity contribution in [2.24, 2.45) is 4.99 Å². The Morgan fingerprint density at radius 1 is 1.04 bits per heavy atom. The van der Waals surface area contributed by atoms with Crippen molar-refractivity contribution >= 4 is 23.5 Å². The first-order valence-corrected chi connectivity index (χ1v) is 8.56. The van der Waals surface area contributed by atoms with Crippen molar-refractivity contribution in [2.75, 3.05) is 12.0 Å². The second kappa shape index (κ2) is 6.96. The number of aryl methyl sites for hydroxylation is 1. The van der Waals surface area contributed by atoms with Gasteiger partial charge in [-0.25, -0.2) is 4.99 Å². The van der Waals surface area contributed by atoms with Crippen LogP contribution in [-0.4, -0.2) is 18.9 Å². The van der Waals surface area contributed by atoms with Gasteiger partial charge in [-0.3, -0.25) is 9.69 Å². The second-order valence-corrected chi connectivity index (χ2v) is 6.16.